The molecule has 2 heterocycles. The van der Waals surface area contributed by atoms with Crippen LogP contribution < -0.4 is 5.32 Å². The van der Waals surface area contributed by atoms with Crippen molar-refractivity contribution >= 4 is 32.5 Å². The van der Waals surface area contributed by atoms with Crippen LogP contribution in [0.15, 0.2) is 77.8 Å². The third kappa shape index (κ3) is 4.64. The zero-order valence-corrected chi connectivity index (χ0v) is 17.6. The lowest BCUT2D eigenvalue weighted by molar-refractivity contribution is -0.116. The van der Waals surface area contributed by atoms with Gasteiger partial charge in [0.15, 0.2) is 9.84 Å². The highest BCUT2D eigenvalue weighted by Crippen LogP contribution is 2.28. The van der Waals surface area contributed by atoms with Gasteiger partial charge in [-0.15, -0.1) is 0 Å². The van der Waals surface area contributed by atoms with Gasteiger partial charge in [0, 0.05) is 22.8 Å². The van der Waals surface area contributed by atoms with Crippen molar-refractivity contribution in [2.45, 2.75) is 24.1 Å². The van der Waals surface area contributed by atoms with Gasteiger partial charge in [-0.2, -0.15) is 0 Å². The van der Waals surface area contributed by atoms with E-state index in [4.69, 9.17) is 0 Å². The molecule has 0 radical (unpaired) electrons. The topological polar surface area (TPSA) is 81.1 Å². The lowest BCUT2D eigenvalue weighted by Crippen LogP contribution is -2.19. The van der Waals surface area contributed by atoms with Crippen molar-refractivity contribution in [3.63, 3.8) is 0 Å². The number of carbonyl (C=O) groups is 1. The van der Waals surface area contributed by atoms with Gasteiger partial charge in [-0.05, 0) is 42.8 Å². The Morgan fingerprint density at radius 1 is 1.06 bits per heavy atom. The van der Waals surface area contributed by atoms with E-state index in [2.05, 4.69) is 10.3 Å². The summed E-state index contributed by atoms with van der Waals surface area (Å²) in [5.74, 6) is -0.719. The number of nitrogens with one attached hydrogen (secondary N) is 1. The second-order valence-corrected chi connectivity index (χ2v) is 9.20. The molecule has 0 saturated heterocycles. The number of nitrogens with zero attached hydrogens (tertiary/aromatic N) is 2. The summed E-state index contributed by atoms with van der Waals surface area (Å²) in [4.78, 5) is 16.9. The highest BCUT2D eigenvalue weighted by molar-refractivity contribution is 7.90. The number of rotatable bonds is 6. The number of hydrogen-bond donors (Lipinski definition) is 1. The SMILES string of the molecule is Cc1cccc(NC(=O)Cn2cc(S(=O)(=O)Cc3cccc(F)c3)c3ccccc32)n1. The number of sulfone groups is 1. The van der Waals surface area contributed by atoms with Crippen LogP contribution in [0.25, 0.3) is 10.9 Å². The maximum atomic E-state index is 13.5. The van der Waals surface area contributed by atoms with Crippen LogP contribution in [-0.2, 0) is 26.9 Å². The van der Waals surface area contributed by atoms with Crippen LogP contribution >= 0.6 is 0 Å². The standard InChI is InChI=1S/C23H20FN3O3S/c1-16-6-4-11-22(25-16)26-23(28)14-27-13-21(19-9-2-3-10-20(19)27)31(29,30)15-17-7-5-8-18(24)12-17/h2-13H,14-15H2,1H3,(H,25,26,28). The van der Waals surface area contributed by atoms with Crippen LogP contribution in [0.3, 0.4) is 0 Å². The summed E-state index contributed by atoms with van der Waals surface area (Å²) < 4.78 is 41.3. The summed E-state index contributed by atoms with van der Waals surface area (Å²) in [5, 5.41) is 3.24. The Labute approximate surface area is 179 Å². The van der Waals surface area contributed by atoms with E-state index < -0.39 is 15.7 Å². The van der Waals surface area contributed by atoms with Crippen LogP contribution in [0.2, 0.25) is 0 Å². The van der Waals surface area contributed by atoms with Crippen LogP contribution in [0.1, 0.15) is 11.3 Å². The van der Waals surface area contributed by atoms with Crippen LogP contribution in [0.5, 0.6) is 0 Å². The molecule has 0 spiro atoms. The summed E-state index contributed by atoms with van der Waals surface area (Å²) in [6, 6.07) is 17.8. The second-order valence-electron chi connectivity index (χ2n) is 7.24. The molecule has 2 aromatic heterocycles. The first kappa shape index (κ1) is 20.7. The Morgan fingerprint density at radius 3 is 2.61 bits per heavy atom. The second kappa shape index (κ2) is 8.31. The summed E-state index contributed by atoms with van der Waals surface area (Å²) >= 11 is 0. The molecule has 31 heavy (non-hydrogen) atoms. The lowest BCUT2D eigenvalue weighted by atomic mass is 10.2. The normalized spacial score (nSPS) is 11.5. The number of para-hydroxylation sites is 1. The Hall–Kier alpha value is -3.52. The average Bonchev–Trinajstić information content (AvgIpc) is 3.07. The zero-order valence-electron chi connectivity index (χ0n) is 16.7. The molecule has 6 nitrogen and oxygen atoms in total. The molecule has 0 fully saturated rings. The van der Waals surface area contributed by atoms with E-state index in [1.54, 1.807) is 47.0 Å². The van der Waals surface area contributed by atoms with Gasteiger partial charge in [0.05, 0.1) is 10.6 Å². The fourth-order valence-corrected chi connectivity index (χ4v) is 5.03. The van der Waals surface area contributed by atoms with Crippen molar-refractivity contribution in [2.75, 3.05) is 5.32 Å². The Balaban J connectivity index is 1.65. The molecule has 0 aliphatic rings. The van der Waals surface area contributed by atoms with Crippen LogP contribution in [0, 0.1) is 12.7 Å². The fraction of sp³-hybridized carbons (Fsp3) is 0.130. The van der Waals surface area contributed by atoms with E-state index in [9.17, 15) is 17.6 Å². The summed E-state index contributed by atoms with van der Waals surface area (Å²) in [6.45, 7) is 1.75. The molecular formula is C23H20FN3O3S. The van der Waals surface area contributed by atoms with Gasteiger partial charge >= 0.3 is 0 Å². The highest BCUT2D eigenvalue weighted by Gasteiger charge is 2.22. The van der Waals surface area contributed by atoms with Gasteiger partial charge in [-0.25, -0.2) is 17.8 Å². The molecule has 0 bridgehead atoms. The van der Waals surface area contributed by atoms with E-state index in [0.717, 1.165) is 5.69 Å². The largest absolute Gasteiger partial charge is 0.337 e. The maximum absolute atomic E-state index is 13.5. The maximum Gasteiger partial charge on any atom is 0.245 e. The average molecular weight is 437 g/mol. The van der Waals surface area contributed by atoms with Crippen molar-refractivity contribution in [2.24, 2.45) is 0 Å². The fourth-order valence-electron chi connectivity index (χ4n) is 3.47. The first-order chi connectivity index (χ1) is 14.8. The molecule has 0 unspecified atom stereocenters. The molecule has 0 aliphatic carbocycles. The number of pyridine rings is 1. The summed E-state index contributed by atoms with van der Waals surface area (Å²) in [7, 11) is -3.77. The minimum Gasteiger partial charge on any atom is -0.337 e. The lowest BCUT2D eigenvalue weighted by Gasteiger charge is -2.07. The van der Waals surface area contributed by atoms with Crippen LogP contribution in [-0.4, -0.2) is 23.9 Å². The molecular weight excluding hydrogens is 417 g/mol. The van der Waals surface area contributed by atoms with Crippen molar-refractivity contribution in [1.29, 1.82) is 0 Å². The van der Waals surface area contributed by atoms with Crippen molar-refractivity contribution in [3.05, 3.63) is 90.0 Å². The van der Waals surface area contributed by atoms with Crippen molar-refractivity contribution in [1.82, 2.24) is 9.55 Å². The number of aryl methyl sites for hydroxylation is 1. The molecule has 0 atom stereocenters. The van der Waals surface area contributed by atoms with Gasteiger partial charge < -0.3 is 9.88 Å². The summed E-state index contributed by atoms with van der Waals surface area (Å²) in [5.41, 5.74) is 1.75. The number of aromatic nitrogens is 2. The predicted molar refractivity (Wildman–Crippen MR) is 117 cm³/mol. The smallest absolute Gasteiger partial charge is 0.245 e. The Kier molecular flexibility index (Phi) is 5.56. The minimum absolute atomic E-state index is 0.0778. The van der Waals surface area contributed by atoms with Gasteiger partial charge in [0.2, 0.25) is 5.91 Å². The molecule has 0 saturated carbocycles. The molecule has 8 heteroatoms. The van der Waals surface area contributed by atoms with E-state index in [-0.39, 0.29) is 23.1 Å². The Morgan fingerprint density at radius 2 is 1.84 bits per heavy atom. The van der Waals surface area contributed by atoms with E-state index in [0.29, 0.717) is 22.3 Å². The molecule has 0 aliphatic heterocycles. The summed E-state index contributed by atoms with van der Waals surface area (Å²) in [6.07, 6.45) is 1.46. The number of amides is 1. The van der Waals surface area contributed by atoms with Crippen molar-refractivity contribution in [3.8, 4) is 0 Å². The minimum atomic E-state index is -3.77. The number of halogens is 1. The first-order valence-electron chi connectivity index (χ1n) is 9.60. The number of carbonyl (C=O) groups excluding carboxylic acids is 1. The molecule has 4 rings (SSSR count). The predicted octanol–water partition coefficient (Wildman–Crippen LogP) is 4.10. The molecule has 1 N–H and O–H groups in total. The Bertz CT molecular complexity index is 1380. The van der Waals surface area contributed by atoms with Gasteiger partial charge in [0.25, 0.3) is 0 Å². The quantitative estimate of drug-likeness (QED) is 0.493. The molecule has 2 aromatic carbocycles. The number of hydrogen-bond acceptors (Lipinski definition) is 4. The highest BCUT2D eigenvalue weighted by atomic mass is 32.2. The zero-order chi connectivity index (χ0) is 22.0. The third-order valence-electron chi connectivity index (χ3n) is 4.80. The van der Waals surface area contributed by atoms with E-state index >= 15 is 0 Å². The van der Waals surface area contributed by atoms with E-state index in [1.165, 1.54) is 24.4 Å². The van der Waals surface area contributed by atoms with Gasteiger partial charge in [-0.1, -0.05) is 36.4 Å². The number of fused-ring (bicyclic) bond motifs is 1. The molecule has 4 aromatic rings. The number of anilines is 1. The molecule has 1 amide bonds. The van der Waals surface area contributed by atoms with Gasteiger partial charge in [0.1, 0.15) is 18.2 Å². The van der Waals surface area contributed by atoms with Crippen molar-refractivity contribution < 1.29 is 17.6 Å². The van der Waals surface area contributed by atoms with Crippen LogP contribution in [0.4, 0.5) is 10.2 Å². The number of benzene rings is 2. The monoisotopic (exact) mass is 437 g/mol. The van der Waals surface area contributed by atoms with Gasteiger partial charge in [-0.3, -0.25) is 4.79 Å². The third-order valence-corrected chi connectivity index (χ3v) is 6.51. The first-order valence-corrected chi connectivity index (χ1v) is 11.3. The van der Waals surface area contributed by atoms with E-state index in [1.807, 2.05) is 13.0 Å². The molecule has 158 valence electrons.